The van der Waals surface area contributed by atoms with Crippen molar-refractivity contribution in [2.45, 2.75) is 26.4 Å². The normalized spacial score (nSPS) is 28.2. The second-order valence-electron chi connectivity index (χ2n) is 3.38. The van der Waals surface area contributed by atoms with E-state index in [9.17, 15) is 0 Å². The largest absolute Gasteiger partial charge is 0.392 e. The molecular formula is C8H16NO. The molecule has 59 valence electrons. The molecule has 1 rings (SSSR count). The standard InChI is InChI=1S/C8H16NO/c1-7(2)5-9-4-3-8(10)6-9/h8,10H,3-6H2,1-2H3/t8-/m0/s1. The van der Waals surface area contributed by atoms with Gasteiger partial charge < -0.3 is 10.0 Å². The summed E-state index contributed by atoms with van der Waals surface area (Å²) in [5.74, 6) is 1.43. The smallest absolute Gasteiger partial charge is 0.0679 e. The molecule has 1 aliphatic heterocycles. The van der Waals surface area contributed by atoms with Gasteiger partial charge in [-0.1, -0.05) is 13.8 Å². The average molecular weight is 142 g/mol. The van der Waals surface area contributed by atoms with E-state index in [1.165, 1.54) is 5.92 Å². The minimum Gasteiger partial charge on any atom is -0.392 e. The van der Waals surface area contributed by atoms with E-state index in [2.05, 4.69) is 18.7 Å². The summed E-state index contributed by atoms with van der Waals surface area (Å²) in [6, 6.07) is 0. The molecule has 2 heteroatoms. The summed E-state index contributed by atoms with van der Waals surface area (Å²) in [7, 11) is 0. The molecule has 0 saturated carbocycles. The van der Waals surface area contributed by atoms with Crippen LogP contribution < -0.4 is 0 Å². The van der Waals surface area contributed by atoms with Crippen LogP contribution in [0.2, 0.25) is 0 Å². The van der Waals surface area contributed by atoms with Gasteiger partial charge in [-0.25, -0.2) is 0 Å². The number of rotatable bonds is 2. The fourth-order valence-corrected chi connectivity index (χ4v) is 1.40. The number of hydrogen-bond acceptors (Lipinski definition) is 2. The van der Waals surface area contributed by atoms with Gasteiger partial charge in [0, 0.05) is 19.6 Å². The van der Waals surface area contributed by atoms with E-state index in [0.29, 0.717) is 0 Å². The second kappa shape index (κ2) is 3.35. The van der Waals surface area contributed by atoms with Crippen molar-refractivity contribution in [2.75, 3.05) is 19.6 Å². The van der Waals surface area contributed by atoms with Crippen LogP contribution in [0.15, 0.2) is 0 Å². The first-order valence-electron chi connectivity index (χ1n) is 3.88. The van der Waals surface area contributed by atoms with Crippen LogP contribution >= 0.6 is 0 Å². The highest BCUT2D eigenvalue weighted by atomic mass is 16.3. The fourth-order valence-electron chi connectivity index (χ4n) is 1.40. The SMILES string of the molecule is C[C](C)CN1CC[C@H](O)C1. The van der Waals surface area contributed by atoms with E-state index in [4.69, 9.17) is 5.11 Å². The predicted octanol–water partition coefficient (Wildman–Crippen LogP) is 0.667. The molecule has 0 aliphatic carbocycles. The molecule has 0 unspecified atom stereocenters. The van der Waals surface area contributed by atoms with Crippen molar-refractivity contribution >= 4 is 0 Å². The Morgan fingerprint density at radius 3 is 2.70 bits per heavy atom. The third-order valence-electron chi connectivity index (χ3n) is 1.79. The van der Waals surface area contributed by atoms with Gasteiger partial charge in [0.15, 0.2) is 0 Å². The molecule has 0 aromatic carbocycles. The molecule has 0 spiro atoms. The monoisotopic (exact) mass is 142 g/mol. The van der Waals surface area contributed by atoms with Gasteiger partial charge in [-0.3, -0.25) is 0 Å². The lowest BCUT2D eigenvalue weighted by Gasteiger charge is -2.16. The van der Waals surface area contributed by atoms with Crippen LogP contribution in [0.1, 0.15) is 20.3 Å². The van der Waals surface area contributed by atoms with Gasteiger partial charge in [-0.05, 0) is 12.3 Å². The number of hydrogen-bond donors (Lipinski definition) is 1. The second-order valence-corrected chi connectivity index (χ2v) is 3.38. The first kappa shape index (κ1) is 8.02. The van der Waals surface area contributed by atoms with Crippen LogP contribution in [0.5, 0.6) is 0 Å². The van der Waals surface area contributed by atoms with Crippen molar-refractivity contribution in [1.82, 2.24) is 4.90 Å². The molecule has 1 saturated heterocycles. The van der Waals surface area contributed by atoms with Crippen molar-refractivity contribution in [3.63, 3.8) is 0 Å². The lowest BCUT2D eigenvalue weighted by molar-refractivity contribution is 0.178. The highest BCUT2D eigenvalue weighted by molar-refractivity contribution is 4.85. The van der Waals surface area contributed by atoms with Crippen molar-refractivity contribution in [3.8, 4) is 0 Å². The molecule has 1 heterocycles. The van der Waals surface area contributed by atoms with Gasteiger partial charge in [-0.15, -0.1) is 0 Å². The number of likely N-dealkylation sites (tertiary alicyclic amines) is 1. The van der Waals surface area contributed by atoms with Crippen LogP contribution in [0.3, 0.4) is 0 Å². The Labute approximate surface area is 62.8 Å². The average Bonchev–Trinajstić information content (AvgIpc) is 2.13. The lowest BCUT2D eigenvalue weighted by atomic mass is 10.2. The van der Waals surface area contributed by atoms with Crippen molar-refractivity contribution < 1.29 is 5.11 Å². The molecule has 0 bridgehead atoms. The summed E-state index contributed by atoms with van der Waals surface area (Å²) < 4.78 is 0. The van der Waals surface area contributed by atoms with Crippen LogP contribution in [-0.4, -0.2) is 35.7 Å². The van der Waals surface area contributed by atoms with Gasteiger partial charge >= 0.3 is 0 Å². The highest BCUT2D eigenvalue weighted by Gasteiger charge is 2.19. The molecule has 1 aliphatic rings. The van der Waals surface area contributed by atoms with Gasteiger partial charge in [0.05, 0.1) is 6.10 Å². The summed E-state index contributed by atoms with van der Waals surface area (Å²) in [5, 5.41) is 9.16. The molecular weight excluding hydrogens is 126 g/mol. The molecule has 1 atom stereocenters. The molecule has 1 fully saturated rings. The summed E-state index contributed by atoms with van der Waals surface area (Å²) in [6.07, 6.45) is 0.882. The minimum absolute atomic E-state index is 0.0700. The molecule has 1 N–H and O–H groups in total. The Balaban J connectivity index is 2.18. The molecule has 2 nitrogen and oxygen atoms in total. The van der Waals surface area contributed by atoms with E-state index in [-0.39, 0.29) is 6.10 Å². The van der Waals surface area contributed by atoms with Crippen molar-refractivity contribution in [2.24, 2.45) is 0 Å². The maximum atomic E-state index is 9.16. The summed E-state index contributed by atoms with van der Waals surface area (Å²) >= 11 is 0. The first-order valence-corrected chi connectivity index (χ1v) is 3.88. The number of β-amino-alcohol motifs (C(OH)–C–C–N with tert-alkyl or cyclic N) is 1. The van der Waals surface area contributed by atoms with Gasteiger partial charge in [-0.2, -0.15) is 0 Å². The van der Waals surface area contributed by atoms with E-state index in [1.807, 2.05) is 0 Å². The summed E-state index contributed by atoms with van der Waals surface area (Å²) in [5.41, 5.74) is 0. The Kier molecular flexibility index (Phi) is 2.69. The Morgan fingerprint density at radius 1 is 1.60 bits per heavy atom. The van der Waals surface area contributed by atoms with Crippen molar-refractivity contribution in [1.29, 1.82) is 0 Å². The number of aliphatic hydroxyl groups is 1. The molecule has 10 heavy (non-hydrogen) atoms. The van der Waals surface area contributed by atoms with Gasteiger partial charge in [0.25, 0.3) is 0 Å². The van der Waals surface area contributed by atoms with Crippen molar-refractivity contribution in [3.05, 3.63) is 5.92 Å². The quantitative estimate of drug-likeness (QED) is 0.612. The van der Waals surface area contributed by atoms with Gasteiger partial charge in [0.2, 0.25) is 0 Å². The predicted molar refractivity (Wildman–Crippen MR) is 41.7 cm³/mol. The third-order valence-corrected chi connectivity index (χ3v) is 1.79. The van der Waals surface area contributed by atoms with E-state index in [0.717, 1.165) is 26.1 Å². The summed E-state index contributed by atoms with van der Waals surface area (Å²) in [6.45, 7) is 7.24. The maximum absolute atomic E-state index is 9.16. The van der Waals surface area contributed by atoms with E-state index in [1.54, 1.807) is 0 Å². The Bertz CT molecular complexity index is 103. The first-order chi connectivity index (χ1) is 4.68. The molecule has 0 amide bonds. The topological polar surface area (TPSA) is 23.5 Å². The Morgan fingerprint density at radius 2 is 2.30 bits per heavy atom. The van der Waals surface area contributed by atoms with Crippen LogP contribution in [-0.2, 0) is 0 Å². The Hall–Kier alpha value is -0.0800. The van der Waals surface area contributed by atoms with E-state index >= 15 is 0 Å². The zero-order valence-corrected chi connectivity index (χ0v) is 6.80. The highest BCUT2D eigenvalue weighted by Crippen LogP contribution is 2.10. The summed E-state index contributed by atoms with van der Waals surface area (Å²) in [4.78, 5) is 2.29. The number of nitrogens with zero attached hydrogens (tertiary/aromatic N) is 1. The minimum atomic E-state index is -0.0700. The van der Waals surface area contributed by atoms with Crippen LogP contribution in [0.25, 0.3) is 0 Å². The zero-order valence-electron chi connectivity index (χ0n) is 6.80. The van der Waals surface area contributed by atoms with Gasteiger partial charge in [0.1, 0.15) is 0 Å². The zero-order chi connectivity index (χ0) is 7.56. The molecule has 0 aromatic heterocycles. The third kappa shape index (κ3) is 2.27. The lowest BCUT2D eigenvalue weighted by Crippen LogP contribution is -2.25. The fraction of sp³-hybridized carbons (Fsp3) is 0.875. The van der Waals surface area contributed by atoms with Crippen LogP contribution in [0, 0.1) is 5.92 Å². The molecule has 0 aromatic rings. The molecule has 1 radical (unpaired) electrons. The maximum Gasteiger partial charge on any atom is 0.0679 e. The van der Waals surface area contributed by atoms with E-state index < -0.39 is 0 Å². The van der Waals surface area contributed by atoms with Crippen LogP contribution in [0.4, 0.5) is 0 Å². The number of aliphatic hydroxyl groups excluding tert-OH is 1.